The molecule has 8 heteroatoms. The van der Waals surface area contributed by atoms with Gasteiger partial charge in [-0.25, -0.2) is 4.79 Å². The Labute approximate surface area is 219 Å². The van der Waals surface area contributed by atoms with Gasteiger partial charge in [0.2, 0.25) is 8.46 Å². The first-order chi connectivity index (χ1) is 17.0. The third kappa shape index (κ3) is 14.4. The van der Waals surface area contributed by atoms with Crippen LogP contribution in [-0.2, 0) is 18.8 Å². The van der Waals surface area contributed by atoms with Gasteiger partial charge < -0.3 is 19.7 Å². The molecule has 0 spiro atoms. The van der Waals surface area contributed by atoms with Crippen molar-refractivity contribution in [2.45, 2.75) is 128 Å². The summed E-state index contributed by atoms with van der Waals surface area (Å²) < 4.78 is 22.4. The zero-order chi connectivity index (χ0) is 25.8. The predicted molar refractivity (Wildman–Crippen MR) is 145 cm³/mol. The van der Waals surface area contributed by atoms with E-state index in [1.54, 1.807) is 0 Å². The molecular formula is C27H51O6PS. The van der Waals surface area contributed by atoms with Crippen molar-refractivity contribution in [3.8, 4) is 0 Å². The molecule has 1 saturated carbocycles. The number of carbonyl (C=O) groups is 1. The summed E-state index contributed by atoms with van der Waals surface area (Å²) in [6, 6.07) is 0. The van der Waals surface area contributed by atoms with Crippen molar-refractivity contribution in [1.82, 2.24) is 0 Å². The first-order valence-corrected chi connectivity index (χ1v) is 16.1. The standard InChI is InChI=1S/C27H51O6PS/c1-3-5-6-7-8-9-10-14-19-32-25(16-4-2)24(23-17-12-11-13-18-23)22-35-21-15-20-33-27(30,34-31)26(28)29/h23-25,30H,3-22H2,1-2H3,(H,28,29). The van der Waals surface area contributed by atoms with E-state index in [9.17, 15) is 14.5 Å². The van der Waals surface area contributed by atoms with Crippen LogP contribution in [0.15, 0.2) is 0 Å². The average molecular weight is 535 g/mol. The highest BCUT2D eigenvalue weighted by Crippen LogP contribution is 2.36. The Morgan fingerprint density at radius 2 is 1.63 bits per heavy atom. The van der Waals surface area contributed by atoms with Crippen LogP contribution < -0.4 is 0 Å². The maximum Gasteiger partial charge on any atom is 0.377 e. The third-order valence-corrected chi connectivity index (χ3v) is 8.85. The molecule has 0 amide bonds. The Bertz CT molecular complexity index is 546. The molecule has 1 rings (SSSR count). The fourth-order valence-electron chi connectivity index (χ4n) is 5.01. The Morgan fingerprint density at radius 1 is 0.971 bits per heavy atom. The van der Waals surface area contributed by atoms with Crippen molar-refractivity contribution in [3.63, 3.8) is 0 Å². The van der Waals surface area contributed by atoms with E-state index < -0.39 is 20.0 Å². The summed E-state index contributed by atoms with van der Waals surface area (Å²) in [6.07, 6.45) is 20.2. The van der Waals surface area contributed by atoms with Gasteiger partial charge in [-0.2, -0.15) is 11.8 Å². The number of hydrogen-bond acceptors (Lipinski definition) is 6. The number of rotatable bonds is 23. The third-order valence-electron chi connectivity index (χ3n) is 7.08. The summed E-state index contributed by atoms with van der Waals surface area (Å²) in [7, 11) is -0.949. The van der Waals surface area contributed by atoms with Gasteiger partial charge in [0.25, 0.3) is 0 Å². The van der Waals surface area contributed by atoms with Gasteiger partial charge in [0.05, 0.1) is 12.7 Å². The lowest BCUT2D eigenvalue weighted by Crippen LogP contribution is -2.35. The summed E-state index contributed by atoms with van der Waals surface area (Å²) in [5.41, 5.74) is -2.63. The molecule has 2 N–H and O–H groups in total. The van der Waals surface area contributed by atoms with Crippen molar-refractivity contribution in [2.75, 3.05) is 24.7 Å². The molecule has 0 bridgehead atoms. The lowest BCUT2D eigenvalue weighted by atomic mass is 9.77. The fraction of sp³-hybridized carbons (Fsp3) is 0.963. The minimum atomic E-state index is -2.63. The van der Waals surface area contributed by atoms with Gasteiger partial charge in [-0.1, -0.05) is 97.3 Å². The lowest BCUT2D eigenvalue weighted by Gasteiger charge is -2.36. The average Bonchev–Trinajstić information content (AvgIpc) is 2.87. The molecule has 0 radical (unpaired) electrons. The van der Waals surface area contributed by atoms with Crippen LogP contribution in [0.2, 0.25) is 0 Å². The van der Waals surface area contributed by atoms with E-state index in [-0.39, 0.29) is 6.61 Å². The summed E-state index contributed by atoms with van der Waals surface area (Å²) in [5, 5.41) is 18.6. The normalized spacial score (nSPS) is 18.4. The summed E-state index contributed by atoms with van der Waals surface area (Å²) in [6.45, 7) is 5.43. The number of thioether (sulfide) groups is 1. The Morgan fingerprint density at radius 3 is 2.23 bits per heavy atom. The minimum Gasteiger partial charge on any atom is -0.477 e. The van der Waals surface area contributed by atoms with E-state index in [1.165, 1.54) is 77.0 Å². The van der Waals surface area contributed by atoms with E-state index in [4.69, 9.17) is 14.6 Å². The molecule has 35 heavy (non-hydrogen) atoms. The Hall–Kier alpha value is -0.200. The smallest absolute Gasteiger partial charge is 0.377 e. The molecule has 206 valence electrons. The van der Waals surface area contributed by atoms with Crippen molar-refractivity contribution in [3.05, 3.63) is 0 Å². The molecule has 1 fully saturated rings. The highest BCUT2D eigenvalue weighted by Gasteiger charge is 2.38. The van der Waals surface area contributed by atoms with Crippen LogP contribution >= 0.6 is 20.2 Å². The van der Waals surface area contributed by atoms with Crippen LogP contribution in [0.5, 0.6) is 0 Å². The molecule has 1 aliphatic carbocycles. The second-order valence-electron chi connectivity index (χ2n) is 10.0. The number of aliphatic hydroxyl groups is 1. The van der Waals surface area contributed by atoms with Crippen LogP contribution in [0.1, 0.15) is 117 Å². The van der Waals surface area contributed by atoms with Gasteiger partial charge >= 0.3 is 11.5 Å². The molecule has 0 aliphatic heterocycles. The first kappa shape index (κ1) is 32.8. The quantitative estimate of drug-likeness (QED) is 0.0789. The maximum atomic E-state index is 11.0. The summed E-state index contributed by atoms with van der Waals surface area (Å²) in [5.74, 6) is 1.49. The van der Waals surface area contributed by atoms with Gasteiger partial charge in [0.15, 0.2) is 0 Å². The van der Waals surface area contributed by atoms with E-state index in [1.807, 2.05) is 11.8 Å². The van der Waals surface area contributed by atoms with Crippen LogP contribution in [0.25, 0.3) is 0 Å². The molecular weight excluding hydrogens is 483 g/mol. The van der Waals surface area contributed by atoms with Gasteiger partial charge in [-0.15, -0.1) is 0 Å². The topological polar surface area (TPSA) is 93.1 Å². The minimum absolute atomic E-state index is 0.0620. The van der Waals surface area contributed by atoms with E-state index >= 15 is 0 Å². The van der Waals surface area contributed by atoms with Crippen molar-refractivity contribution in [1.29, 1.82) is 0 Å². The molecule has 3 atom stereocenters. The predicted octanol–water partition coefficient (Wildman–Crippen LogP) is 7.67. The van der Waals surface area contributed by atoms with E-state index in [0.717, 1.165) is 43.3 Å². The molecule has 0 heterocycles. The van der Waals surface area contributed by atoms with E-state index in [0.29, 0.717) is 18.4 Å². The zero-order valence-corrected chi connectivity index (χ0v) is 24.0. The first-order valence-electron chi connectivity index (χ1n) is 14.1. The number of unbranched alkanes of at least 4 members (excludes halogenated alkanes) is 7. The molecule has 0 aromatic rings. The maximum absolute atomic E-state index is 11.0. The highest BCUT2D eigenvalue weighted by molar-refractivity contribution is 7.99. The number of aliphatic carboxylic acids is 1. The van der Waals surface area contributed by atoms with Gasteiger partial charge in [0, 0.05) is 6.61 Å². The Kier molecular flexibility index (Phi) is 19.5. The van der Waals surface area contributed by atoms with E-state index in [2.05, 4.69) is 13.8 Å². The lowest BCUT2D eigenvalue weighted by molar-refractivity contribution is -0.189. The monoisotopic (exact) mass is 534 g/mol. The van der Waals surface area contributed by atoms with Crippen LogP contribution in [-0.4, -0.2) is 52.5 Å². The largest absolute Gasteiger partial charge is 0.477 e. The number of carboxylic acid groups (broad SMARTS) is 1. The highest BCUT2D eigenvalue weighted by atomic mass is 32.2. The molecule has 6 nitrogen and oxygen atoms in total. The molecule has 0 aromatic heterocycles. The second-order valence-corrected chi connectivity index (χ2v) is 12.0. The molecule has 1 aliphatic rings. The molecule has 0 saturated heterocycles. The van der Waals surface area contributed by atoms with Crippen molar-refractivity contribution < 1.29 is 29.0 Å². The number of hydrogen-bond donors (Lipinski definition) is 2. The molecule has 3 unspecified atom stereocenters. The van der Waals surface area contributed by atoms with Crippen LogP contribution in [0.3, 0.4) is 0 Å². The fourth-order valence-corrected chi connectivity index (χ4v) is 6.48. The summed E-state index contributed by atoms with van der Waals surface area (Å²) >= 11 is 1.86. The van der Waals surface area contributed by atoms with Crippen LogP contribution in [0, 0.1) is 11.8 Å². The number of ether oxygens (including phenoxy) is 2. The zero-order valence-electron chi connectivity index (χ0n) is 22.3. The van der Waals surface area contributed by atoms with Crippen molar-refractivity contribution >= 4 is 26.2 Å². The van der Waals surface area contributed by atoms with Gasteiger partial charge in [0.1, 0.15) is 0 Å². The number of carboxylic acids is 1. The van der Waals surface area contributed by atoms with Crippen molar-refractivity contribution in [2.24, 2.45) is 11.8 Å². The Balaban J connectivity index is 2.45. The van der Waals surface area contributed by atoms with Gasteiger partial charge in [-0.3, -0.25) is 4.57 Å². The second kappa shape index (κ2) is 20.8. The SMILES string of the molecule is CCCCCCCCCCOC(CCC)C(CSCCCOC(O)(P=O)C(=O)O)C1CCCCC1. The van der Waals surface area contributed by atoms with Gasteiger partial charge in [-0.05, 0) is 42.6 Å². The summed E-state index contributed by atoms with van der Waals surface area (Å²) in [4.78, 5) is 11.0. The van der Waals surface area contributed by atoms with Crippen LogP contribution in [0.4, 0.5) is 0 Å². The molecule has 0 aromatic carbocycles.